The first-order chi connectivity index (χ1) is 5.84. The highest BCUT2D eigenvalue weighted by atomic mass is 127. The van der Waals surface area contributed by atoms with Gasteiger partial charge in [-0.25, -0.2) is 4.39 Å². The molecule has 0 saturated carbocycles. The lowest BCUT2D eigenvalue weighted by Crippen LogP contribution is -2.12. The van der Waals surface area contributed by atoms with Gasteiger partial charge >= 0.3 is 6.18 Å². The van der Waals surface area contributed by atoms with Gasteiger partial charge in [0.05, 0.1) is 0 Å². The number of nitrogens with two attached hydrogens (primary N) is 1. The Morgan fingerprint density at radius 3 is 2.15 bits per heavy atom. The molecule has 0 heterocycles. The largest absolute Gasteiger partial charge is 0.421 e. The molecule has 0 spiro atoms. The summed E-state index contributed by atoms with van der Waals surface area (Å²) < 4.78 is 49.4. The number of hydrogen-bond acceptors (Lipinski definition) is 1. The predicted octanol–water partition coefficient (Wildman–Crippen LogP) is 3.03. The quantitative estimate of drug-likeness (QED) is 0.445. The molecule has 0 aliphatic heterocycles. The SMILES string of the molecule is Nc1ccc(I)c(F)c1C(F)(F)F. The number of anilines is 1. The molecular formula is C7H4F4IN. The standard InChI is InChI=1S/C7H4F4IN/c8-6-3(12)1-2-4(13)5(6)7(9,10)11/h1-2H,13H2. The Bertz CT molecular complexity index is 334. The minimum Gasteiger partial charge on any atom is -0.398 e. The first-order valence-electron chi connectivity index (χ1n) is 3.14. The van der Waals surface area contributed by atoms with Gasteiger partial charge in [-0.2, -0.15) is 13.2 Å². The van der Waals surface area contributed by atoms with Crippen LogP contribution in [0.1, 0.15) is 5.56 Å². The fourth-order valence-corrected chi connectivity index (χ4v) is 1.30. The van der Waals surface area contributed by atoms with Crippen molar-refractivity contribution >= 4 is 28.3 Å². The molecule has 0 radical (unpaired) electrons. The van der Waals surface area contributed by atoms with E-state index in [1.165, 1.54) is 28.7 Å². The van der Waals surface area contributed by atoms with Crippen LogP contribution in [0.2, 0.25) is 0 Å². The lowest BCUT2D eigenvalue weighted by molar-refractivity contribution is -0.139. The van der Waals surface area contributed by atoms with Crippen molar-refractivity contribution in [3.05, 3.63) is 27.1 Å². The van der Waals surface area contributed by atoms with E-state index < -0.39 is 23.2 Å². The second-order valence-electron chi connectivity index (χ2n) is 2.32. The third kappa shape index (κ3) is 2.04. The molecule has 0 amide bonds. The van der Waals surface area contributed by atoms with Crippen LogP contribution in [0.5, 0.6) is 0 Å². The molecule has 0 aromatic heterocycles. The van der Waals surface area contributed by atoms with E-state index in [0.29, 0.717) is 0 Å². The fraction of sp³-hybridized carbons (Fsp3) is 0.143. The predicted molar refractivity (Wildman–Crippen MR) is 48.5 cm³/mol. The van der Waals surface area contributed by atoms with Crippen LogP contribution < -0.4 is 5.73 Å². The molecule has 1 nitrogen and oxygen atoms in total. The monoisotopic (exact) mass is 305 g/mol. The van der Waals surface area contributed by atoms with Gasteiger partial charge < -0.3 is 5.73 Å². The molecule has 1 aromatic carbocycles. The number of hydrogen-bond donors (Lipinski definition) is 1. The topological polar surface area (TPSA) is 26.0 Å². The Labute approximate surface area is 85.1 Å². The summed E-state index contributed by atoms with van der Waals surface area (Å²) in [6.45, 7) is 0. The maximum Gasteiger partial charge on any atom is 0.421 e. The van der Waals surface area contributed by atoms with E-state index in [1.54, 1.807) is 0 Å². The zero-order chi connectivity index (χ0) is 10.2. The molecule has 6 heteroatoms. The molecule has 0 unspecified atom stereocenters. The zero-order valence-corrected chi connectivity index (χ0v) is 8.28. The van der Waals surface area contributed by atoms with E-state index in [2.05, 4.69) is 0 Å². The fourth-order valence-electron chi connectivity index (χ4n) is 0.854. The minimum atomic E-state index is -4.74. The summed E-state index contributed by atoms with van der Waals surface area (Å²) in [5, 5.41) is 0. The Balaban J connectivity index is 3.43. The molecule has 2 N–H and O–H groups in total. The normalized spacial score (nSPS) is 11.8. The van der Waals surface area contributed by atoms with Crippen LogP contribution in [0.15, 0.2) is 12.1 Å². The number of rotatable bonds is 0. The first-order valence-corrected chi connectivity index (χ1v) is 4.22. The van der Waals surface area contributed by atoms with Crippen LogP contribution in [-0.2, 0) is 6.18 Å². The van der Waals surface area contributed by atoms with E-state index in [9.17, 15) is 17.6 Å². The molecule has 72 valence electrons. The van der Waals surface area contributed by atoms with E-state index in [4.69, 9.17) is 5.73 Å². The van der Waals surface area contributed by atoms with Crippen LogP contribution in [0.25, 0.3) is 0 Å². The van der Waals surface area contributed by atoms with E-state index in [-0.39, 0.29) is 3.57 Å². The van der Waals surface area contributed by atoms with Gasteiger partial charge in [-0.1, -0.05) is 0 Å². The second-order valence-corrected chi connectivity index (χ2v) is 3.49. The second kappa shape index (κ2) is 3.32. The number of nitrogen functional groups attached to an aromatic ring is 1. The van der Waals surface area contributed by atoms with Crippen molar-refractivity contribution < 1.29 is 17.6 Å². The van der Waals surface area contributed by atoms with Crippen molar-refractivity contribution in [2.45, 2.75) is 6.18 Å². The number of alkyl halides is 3. The zero-order valence-electron chi connectivity index (χ0n) is 6.12. The first kappa shape index (κ1) is 10.6. The molecular weight excluding hydrogens is 301 g/mol. The molecule has 0 aliphatic carbocycles. The summed E-state index contributed by atoms with van der Waals surface area (Å²) in [5.41, 5.74) is 3.03. The van der Waals surface area contributed by atoms with Gasteiger partial charge in [0.15, 0.2) is 5.82 Å². The highest BCUT2D eigenvalue weighted by molar-refractivity contribution is 14.1. The van der Waals surface area contributed by atoms with Crippen molar-refractivity contribution in [2.75, 3.05) is 5.73 Å². The van der Waals surface area contributed by atoms with Crippen LogP contribution in [0.4, 0.5) is 23.2 Å². The van der Waals surface area contributed by atoms with Gasteiger partial charge in [-0.15, -0.1) is 0 Å². The summed E-state index contributed by atoms with van der Waals surface area (Å²) in [6, 6.07) is 2.23. The summed E-state index contributed by atoms with van der Waals surface area (Å²) in [6.07, 6.45) is -4.74. The Morgan fingerprint density at radius 1 is 1.23 bits per heavy atom. The summed E-state index contributed by atoms with van der Waals surface area (Å²) >= 11 is 1.48. The maximum atomic E-state index is 13.0. The molecule has 0 fully saturated rings. The summed E-state index contributed by atoms with van der Waals surface area (Å²) in [7, 11) is 0. The van der Waals surface area contributed by atoms with Gasteiger partial charge in [-0.05, 0) is 34.7 Å². The van der Waals surface area contributed by atoms with Crippen molar-refractivity contribution in [3.8, 4) is 0 Å². The lowest BCUT2D eigenvalue weighted by atomic mass is 10.1. The third-order valence-corrected chi connectivity index (χ3v) is 2.24. The third-order valence-electron chi connectivity index (χ3n) is 1.41. The highest BCUT2D eigenvalue weighted by Gasteiger charge is 2.37. The smallest absolute Gasteiger partial charge is 0.398 e. The maximum absolute atomic E-state index is 13.0. The molecule has 0 aliphatic rings. The van der Waals surface area contributed by atoms with Crippen LogP contribution in [0.3, 0.4) is 0 Å². The average Bonchev–Trinajstić information content (AvgIpc) is 1.95. The number of halogens is 5. The lowest BCUT2D eigenvalue weighted by Gasteiger charge is -2.11. The van der Waals surface area contributed by atoms with E-state index in [1.807, 2.05) is 0 Å². The highest BCUT2D eigenvalue weighted by Crippen LogP contribution is 2.36. The molecule has 1 aromatic rings. The molecule has 0 saturated heterocycles. The Morgan fingerprint density at radius 2 is 1.77 bits per heavy atom. The molecule has 0 atom stereocenters. The Hall–Kier alpha value is -0.530. The average molecular weight is 305 g/mol. The van der Waals surface area contributed by atoms with Gasteiger partial charge in [0.25, 0.3) is 0 Å². The van der Waals surface area contributed by atoms with E-state index >= 15 is 0 Å². The van der Waals surface area contributed by atoms with Gasteiger partial charge in [0.1, 0.15) is 5.56 Å². The van der Waals surface area contributed by atoms with Crippen molar-refractivity contribution in [1.29, 1.82) is 0 Å². The summed E-state index contributed by atoms with van der Waals surface area (Å²) in [5.74, 6) is -1.31. The van der Waals surface area contributed by atoms with Crippen LogP contribution in [-0.4, -0.2) is 0 Å². The van der Waals surface area contributed by atoms with Crippen LogP contribution in [0, 0.1) is 9.39 Å². The van der Waals surface area contributed by atoms with Crippen LogP contribution >= 0.6 is 22.6 Å². The molecule has 13 heavy (non-hydrogen) atoms. The molecule has 1 rings (SSSR count). The van der Waals surface area contributed by atoms with Crippen molar-refractivity contribution in [3.63, 3.8) is 0 Å². The Kier molecular flexibility index (Phi) is 2.69. The van der Waals surface area contributed by atoms with E-state index in [0.717, 1.165) is 6.07 Å². The van der Waals surface area contributed by atoms with Gasteiger partial charge in [-0.3, -0.25) is 0 Å². The summed E-state index contributed by atoms with van der Waals surface area (Å²) in [4.78, 5) is 0. The minimum absolute atomic E-state index is 0.0980. The van der Waals surface area contributed by atoms with Crippen molar-refractivity contribution in [1.82, 2.24) is 0 Å². The molecule has 0 bridgehead atoms. The number of benzene rings is 1. The van der Waals surface area contributed by atoms with Gasteiger partial charge in [0.2, 0.25) is 0 Å². The van der Waals surface area contributed by atoms with Gasteiger partial charge in [0, 0.05) is 9.26 Å². The van der Waals surface area contributed by atoms with Crippen molar-refractivity contribution in [2.24, 2.45) is 0 Å².